The monoisotopic (exact) mass is 322 g/mol. The number of aromatic nitrogens is 2. The highest BCUT2D eigenvalue weighted by atomic mass is 32.2. The number of thioether (sulfide) groups is 1. The van der Waals surface area contributed by atoms with Crippen LogP contribution in [-0.2, 0) is 12.8 Å². The first-order valence-corrected chi connectivity index (χ1v) is 8.29. The molecular formula is C15H22N4O2S. The van der Waals surface area contributed by atoms with Crippen LogP contribution < -0.4 is 10.6 Å². The normalized spacial score (nSPS) is 12.3. The third-order valence-corrected chi connectivity index (χ3v) is 4.21. The number of rotatable bonds is 8. The van der Waals surface area contributed by atoms with E-state index in [9.17, 15) is 4.79 Å². The molecule has 6 nitrogen and oxygen atoms in total. The summed E-state index contributed by atoms with van der Waals surface area (Å²) in [5, 5.41) is 7.02. The fraction of sp³-hybridized carbons (Fsp3) is 0.467. The highest BCUT2D eigenvalue weighted by molar-refractivity contribution is 7.98. The summed E-state index contributed by atoms with van der Waals surface area (Å²) in [6.07, 6.45) is 3.66. The van der Waals surface area contributed by atoms with E-state index in [1.807, 2.05) is 37.7 Å². The van der Waals surface area contributed by atoms with Crippen LogP contribution in [0.25, 0.3) is 0 Å². The molecule has 0 saturated carbocycles. The van der Waals surface area contributed by atoms with E-state index in [1.165, 1.54) is 0 Å². The van der Waals surface area contributed by atoms with E-state index in [2.05, 4.69) is 15.6 Å². The lowest BCUT2D eigenvalue weighted by molar-refractivity contribution is 0.0921. The Morgan fingerprint density at radius 1 is 1.50 bits per heavy atom. The van der Waals surface area contributed by atoms with Crippen LogP contribution in [0.4, 0.5) is 0 Å². The Morgan fingerprint density at radius 3 is 3.00 bits per heavy atom. The molecule has 7 heteroatoms. The van der Waals surface area contributed by atoms with Gasteiger partial charge in [-0.1, -0.05) is 18.7 Å². The first-order chi connectivity index (χ1) is 10.6. The van der Waals surface area contributed by atoms with Crippen molar-refractivity contribution in [2.24, 2.45) is 7.05 Å². The number of nitrogens with zero attached hydrogens (tertiary/aromatic N) is 2. The molecule has 2 N–H and O–H groups in total. The van der Waals surface area contributed by atoms with Gasteiger partial charge in [0.25, 0.3) is 5.91 Å². The fourth-order valence-electron chi connectivity index (χ4n) is 1.96. The van der Waals surface area contributed by atoms with E-state index in [4.69, 9.17) is 4.42 Å². The van der Waals surface area contributed by atoms with Crippen LogP contribution in [0.3, 0.4) is 0 Å². The minimum atomic E-state index is -0.182. The summed E-state index contributed by atoms with van der Waals surface area (Å²) in [5.74, 6) is 1.57. The van der Waals surface area contributed by atoms with Crippen molar-refractivity contribution >= 4 is 17.7 Å². The zero-order valence-electron chi connectivity index (χ0n) is 13.1. The molecule has 0 bridgehead atoms. The molecule has 0 unspecified atom stereocenters. The molecule has 0 aliphatic rings. The summed E-state index contributed by atoms with van der Waals surface area (Å²) >= 11 is 1.57. The maximum atomic E-state index is 12.0. The molecule has 2 aromatic rings. The largest absolute Gasteiger partial charge is 0.455 e. The van der Waals surface area contributed by atoms with E-state index in [1.54, 1.807) is 24.0 Å². The van der Waals surface area contributed by atoms with Gasteiger partial charge in [0.1, 0.15) is 5.76 Å². The summed E-state index contributed by atoms with van der Waals surface area (Å²) < 4.78 is 7.53. The molecule has 0 aromatic carbocycles. The minimum absolute atomic E-state index is 0.182. The average Bonchev–Trinajstić information content (AvgIpc) is 3.12. The second kappa shape index (κ2) is 8.05. The minimum Gasteiger partial charge on any atom is -0.455 e. The zero-order chi connectivity index (χ0) is 15.9. The number of carbonyl (C=O) groups is 1. The predicted octanol–water partition coefficient (Wildman–Crippen LogP) is 2.03. The lowest BCUT2D eigenvalue weighted by Crippen LogP contribution is -2.38. The zero-order valence-corrected chi connectivity index (χ0v) is 13.9. The van der Waals surface area contributed by atoms with E-state index in [-0.39, 0.29) is 11.9 Å². The Labute approximate surface area is 134 Å². The average molecular weight is 322 g/mol. The molecule has 2 heterocycles. The predicted molar refractivity (Wildman–Crippen MR) is 86.9 cm³/mol. The molecule has 0 spiro atoms. The molecule has 0 aliphatic heterocycles. The highest BCUT2D eigenvalue weighted by Gasteiger charge is 2.12. The van der Waals surface area contributed by atoms with Gasteiger partial charge in [0, 0.05) is 32.0 Å². The van der Waals surface area contributed by atoms with Crippen LogP contribution in [0.5, 0.6) is 0 Å². The summed E-state index contributed by atoms with van der Waals surface area (Å²) in [5.41, 5.74) is 0. The summed E-state index contributed by atoms with van der Waals surface area (Å²) in [7, 11) is 1.95. The number of hydrogen-bond donors (Lipinski definition) is 2. The van der Waals surface area contributed by atoms with Gasteiger partial charge in [-0.15, -0.1) is 0 Å². The molecule has 0 saturated heterocycles. The smallest absolute Gasteiger partial charge is 0.287 e. The molecule has 0 radical (unpaired) electrons. The Morgan fingerprint density at radius 2 is 2.32 bits per heavy atom. The maximum Gasteiger partial charge on any atom is 0.287 e. The molecule has 120 valence electrons. The molecule has 2 aromatic heterocycles. The number of imidazole rings is 1. The van der Waals surface area contributed by atoms with Gasteiger partial charge >= 0.3 is 0 Å². The first kappa shape index (κ1) is 16.6. The lowest BCUT2D eigenvalue weighted by atomic mass is 10.3. The molecular weight excluding hydrogens is 300 g/mol. The molecule has 0 fully saturated rings. The molecule has 1 amide bonds. The van der Waals surface area contributed by atoms with Crippen molar-refractivity contribution < 1.29 is 9.21 Å². The van der Waals surface area contributed by atoms with Gasteiger partial charge in [-0.2, -0.15) is 0 Å². The Balaban J connectivity index is 1.83. The highest BCUT2D eigenvalue weighted by Crippen LogP contribution is 2.21. The van der Waals surface area contributed by atoms with Gasteiger partial charge in [-0.3, -0.25) is 4.79 Å². The van der Waals surface area contributed by atoms with Crippen molar-refractivity contribution in [1.29, 1.82) is 0 Å². The standard InChI is InChI=1S/C15H22N4O2S/c1-4-16-11(2)9-18-14(20)13-6-5-12(21-13)10-22-15-17-7-8-19(15)3/h5-8,11,16H,4,9-10H2,1-3H3,(H,18,20)/t11-/m1/s1. The summed E-state index contributed by atoms with van der Waals surface area (Å²) in [6.45, 7) is 5.52. The second-order valence-electron chi connectivity index (χ2n) is 5.04. The first-order valence-electron chi connectivity index (χ1n) is 7.30. The topological polar surface area (TPSA) is 72.1 Å². The number of amides is 1. The van der Waals surface area contributed by atoms with Gasteiger partial charge in [0.05, 0.1) is 5.75 Å². The number of aryl methyl sites for hydroxylation is 1. The summed E-state index contributed by atoms with van der Waals surface area (Å²) in [6, 6.07) is 3.78. The Bertz CT molecular complexity index is 608. The number of nitrogens with one attached hydrogen (secondary N) is 2. The van der Waals surface area contributed by atoms with Crippen LogP contribution >= 0.6 is 11.8 Å². The number of hydrogen-bond acceptors (Lipinski definition) is 5. The third kappa shape index (κ3) is 4.64. The lowest BCUT2D eigenvalue weighted by Gasteiger charge is -2.12. The number of furan rings is 1. The van der Waals surface area contributed by atoms with E-state index in [0.29, 0.717) is 18.1 Å². The third-order valence-electron chi connectivity index (χ3n) is 3.13. The maximum absolute atomic E-state index is 12.0. The van der Waals surface area contributed by atoms with Crippen LogP contribution in [-0.4, -0.2) is 34.6 Å². The quantitative estimate of drug-likeness (QED) is 0.728. The van der Waals surface area contributed by atoms with Crippen molar-refractivity contribution in [1.82, 2.24) is 20.2 Å². The Kier molecular flexibility index (Phi) is 6.09. The molecule has 22 heavy (non-hydrogen) atoms. The van der Waals surface area contributed by atoms with Crippen LogP contribution in [0.1, 0.15) is 30.2 Å². The fourth-order valence-corrected chi connectivity index (χ4v) is 2.78. The van der Waals surface area contributed by atoms with Gasteiger partial charge < -0.3 is 19.6 Å². The van der Waals surface area contributed by atoms with E-state index < -0.39 is 0 Å². The van der Waals surface area contributed by atoms with Gasteiger partial charge in [-0.05, 0) is 25.6 Å². The van der Waals surface area contributed by atoms with Crippen molar-refractivity contribution in [2.75, 3.05) is 13.1 Å². The van der Waals surface area contributed by atoms with E-state index >= 15 is 0 Å². The van der Waals surface area contributed by atoms with Crippen LogP contribution in [0.15, 0.2) is 34.1 Å². The Hall–Kier alpha value is -1.73. The van der Waals surface area contributed by atoms with Crippen molar-refractivity contribution in [3.8, 4) is 0 Å². The number of carbonyl (C=O) groups excluding carboxylic acids is 1. The molecule has 2 rings (SSSR count). The molecule has 1 atom stereocenters. The van der Waals surface area contributed by atoms with Crippen molar-refractivity contribution in [3.63, 3.8) is 0 Å². The van der Waals surface area contributed by atoms with Gasteiger partial charge in [-0.25, -0.2) is 4.98 Å². The van der Waals surface area contributed by atoms with Gasteiger partial charge in [0.15, 0.2) is 10.9 Å². The van der Waals surface area contributed by atoms with Crippen LogP contribution in [0.2, 0.25) is 0 Å². The number of likely N-dealkylation sites (N-methyl/N-ethyl adjacent to an activating group) is 1. The second-order valence-corrected chi connectivity index (χ2v) is 5.99. The summed E-state index contributed by atoms with van der Waals surface area (Å²) in [4.78, 5) is 16.2. The van der Waals surface area contributed by atoms with Crippen molar-refractivity contribution in [3.05, 3.63) is 36.0 Å². The van der Waals surface area contributed by atoms with E-state index in [0.717, 1.165) is 17.5 Å². The van der Waals surface area contributed by atoms with Crippen molar-refractivity contribution in [2.45, 2.75) is 30.8 Å². The SMILES string of the molecule is CCN[C@H](C)CNC(=O)c1ccc(CSc2nccn2C)o1. The van der Waals surface area contributed by atoms with Gasteiger partial charge in [0.2, 0.25) is 0 Å². The molecule has 0 aliphatic carbocycles. The van der Waals surface area contributed by atoms with Crippen LogP contribution in [0, 0.1) is 0 Å².